The second-order valence-electron chi connectivity index (χ2n) is 4.08. The Balaban J connectivity index is 1.94. The smallest absolute Gasteiger partial charge is 0.358 e. The molecule has 7 heteroatoms. The van der Waals surface area contributed by atoms with Gasteiger partial charge in [-0.3, -0.25) is 0 Å². The van der Waals surface area contributed by atoms with Crippen molar-refractivity contribution in [2.24, 2.45) is 0 Å². The molecule has 0 aliphatic heterocycles. The van der Waals surface area contributed by atoms with Crippen molar-refractivity contribution in [3.05, 3.63) is 35.7 Å². The Kier molecular flexibility index (Phi) is 4.19. The Hall–Kier alpha value is -2.57. The van der Waals surface area contributed by atoms with Crippen LogP contribution in [0.5, 0.6) is 11.5 Å². The molecule has 0 unspecified atom stereocenters. The van der Waals surface area contributed by atoms with Gasteiger partial charge in [0.05, 0.1) is 19.3 Å². The van der Waals surface area contributed by atoms with E-state index in [1.807, 2.05) is 18.2 Å². The number of ether oxygens (including phenoxy) is 2. The first kappa shape index (κ1) is 13.9. The number of benzene rings is 1. The van der Waals surface area contributed by atoms with E-state index in [9.17, 15) is 4.79 Å². The molecule has 0 fully saturated rings. The van der Waals surface area contributed by atoms with Gasteiger partial charge in [-0.05, 0) is 19.1 Å². The lowest BCUT2D eigenvalue weighted by molar-refractivity contribution is 0.0689. The predicted octanol–water partition coefficient (Wildman–Crippen LogP) is 1.37. The molecule has 2 rings (SSSR count). The van der Waals surface area contributed by atoms with E-state index in [0.29, 0.717) is 30.3 Å². The normalized spacial score (nSPS) is 10.3. The molecule has 0 amide bonds. The van der Waals surface area contributed by atoms with Crippen molar-refractivity contribution in [1.82, 2.24) is 15.0 Å². The minimum absolute atomic E-state index is 0.0358. The summed E-state index contributed by atoms with van der Waals surface area (Å²) in [6.07, 6.45) is 0. The Morgan fingerprint density at radius 2 is 2.15 bits per heavy atom. The van der Waals surface area contributed by atoms with Crippen molar-refractivity contribution >= 4 is 5.97 Å². The number of methoxy groups -OCH3 is 1. The van der Waals surface area contributed by atoms with Crippen LogP contribution in [0.25, 0.3) is 0 Å². The highest BCUT2D eigenvalue weighted by molar-refractivity contribution is 5.86. The van der Waals surface area contributed by atoms with Crippen LogP contribution in [-0.2, 0) is 6.54 Å². The summed E-state index contributed by atoms with van der Waals surface area (Å²) in [4.78, 5) is 10.8. The zero-order chi connectivity index (χ0) is 14.5. The first-order valence-electron chi connectivity index (χ1n) is 6.02. The Labute approximate surface area is 115 Å². The second-order valence-corrected chi connectivity index (χ2v) is 4.08. The van der Waals surface area contributed by atoms with Gasteiger partial charge in [-0.15, -0.1) is 5.10 Å². The molecule has 1 heterocycles. The van der Waals surface area contributed by atoms with Crippen molar-refractivity contribution in [2.45, 2.75) is 13.5 Å². The van der Waals surface area contributed by atoms with Gasteiger partial charge < -0.3 is 14.6 Å². The zero-order valence-corrected chi connectivity index (χ0v) is 11.2. The molecule has 0 aliphatic rings. The van der Waals surface area contributed by atoms with Crippen LogP contribution in [0.2, 0.25) is 0 Å². The average molecular weight is 277 g/mol. The number of hydrogen-bond acceptors (Lipinski definition) is 5. The molecule has 1 aromatic heterocycles. The van der Waals surface area contributed by atoms with Gasteiger partial charge in [0.2, 0.25) is 0 Å². The lowest BCUT2D eigenvalue weighted by Gasteiger charge is -2.08. The molecule has 0 bridgehead atoms. The fourth-order valence-corrected chi connectivity index (χ4v) is 1.71. The van der Waals surface area contributed by atoms with E-state index < -0.39 is 5.97 Å². The zero-order valence-electron chi connectivity index (χ0n) is 11.2. The third-order valence-electron chi connectivity index (χ3n) is 2.80. The van der Waals surface area contributed by atoms with Crippen molar-refractivity contribution in [3.8, 4) is 11.5 Å². The van der Waals surface area contributed by atoms with Crippen LogP contribution in [0.15, 0.2) is 24.3 Å². The van der Waals surface area contributed by atoms with Gasteiger partial charge in [0.15, 0.2) is 5.69 Å². The van der Waals surface area contributed by atoms with Gasteiger partial charge in [-0.25, -0.2) is 9.48 Å². The molecule has 7 nitrogen and oxygen atoms in total. The summed E-state index contributed by atoms with van der Waals surface area (Å²) in [7, 11) is 1.59. The summed E-state index contributed by atoms with van der Waals surface area (Å²) in [6, 6.07) is 7.25. The van der Waals surface area contributed by atoms with Gasteiger partial charge in [0, 0.05) is 6.07 Å². The minimum Gasteiger partial charge on any atom is -0.497 e. The number of nitrogens with zero attached hydrogens (tertiary/aromatic N) is 3. The van der Waals surface area contributed by atoms with E-state index >= 15 is 0 Å². The van der Waals surface area contributed by atoms with Crippen LogP contribution < -0.4 is 9.47 Å². The Morgan fingerprint density at radius 1 is 1.40 bits per heavy atom. The highest BCUT2D eigenvalue weighted by Gasteiger charge is 2.14. The van der Waals surface area contributed by atoms with Gasteiger partial charge in [-0.1, -0.05) is 11.3 Å². The van der Waals surface area contributed by atoms with Crippen LogP contribution >= 0.6 is 0 Å². The molecule has 0 spiro atoms. The van der Waals surface area contributed by atoms with E-state index in [1.165, 1.54) is 4.68 Å². The number of hydrogen-bond donors (Lipinski definition) is 1. The van der Waals surface area contributed by atoms with Gasteiger partial charge in [-0.2, -0.15) is 0 Å². The summed E-state index contributed by atoms with van der Waals surface area (Å²) in [6.45, 7) is 2.44. The largest absolute Gasteiger partial charge is 0.497 e. The van der Waals surface area contributed by atoms with E-state index in [1.54, 1.807) is 20.1 Å². The van der Waals surface area contributed by atoms with Crippen LogP contribution in [0.1, 0.15) is 16.2 Å². The highest BCUT2D eigenvalue weighted by atomic mass is 16.5. The summed E-state index contributed by atoms with van der Waals surface area (Å²) in [5, 5.41) is 16.3. The minimum atomic E-state index is -1.08. The maximum atomic E-state index is 10.8. The number of carboxylic acids is 1. The van der Waals surface area contributed by atoms with Crippen LogP contribution in [0, 0.1) is 6.92 Å². The number of rotatable bonds is 6. The fraction of sp³-hybridized carbons (Fsp3) is 0.308. The topological polar surface area (TPSA) is 86.5 Å². The summed E-state index contributed by atoms with van der Waals surface area (Å²) < 4.78 is 12.2. The molecule has 0 aliphatic carbocycles. The van der Waals surface area contributed by atoms with E-state index in [2.05, 4.69) is 10.3 Å². The number of aromatic nitrogens is 3. The number of carboxylic acid groups (broad SMARTS) is 1. The first-order valence-corrected chi connectivity index (χ1v) is 6.02. The van der Waals surface area contributed by atoms with Crippen molar-refractivity contribution in [3.63, 3.8) is 0 Å². The van der Waals surface area contributed by atoms with Gasteiger partial charge >= 0.3 is 5.97 Å². The van der Waals surface area contributed by atoms with Crippen molar-refractivity contribution in [2.75, 3.05) is 13.7 Å². The second kappa shape index (κ2) is 6.05. The third kappa shape index (κ3) is 3.05. The fourth-order valence-electron chi connectivity index (χ4n) is 1.71. The van der Waals surface area contributed by atoms with Gasteiger partial charge in [0.25, 0.3) is 0 Å². The monoisotopic (exact) mass is 277 g/mol. The summed E-state index contributed by atoms with van der Waals surface area (Å²) in [5.41, 5.74) is 0.470. The Bertz CT molecular complexity index is 609. The maximum absolute atomic E-state index is 10.8. The molecule has 20 heavy (non-hydrogen) atoms. The quantitative estimate of drug-likeness (QED) is 0.858. The molecule has 2 aromatic rings. The SMILES string of the molecule is COc1cccc(OCCn2nnc(C(=O)O)c2C)c1. The standard InChI is InChI=1S/C13H15N3O4/c1-9-12(13(17)18)14-15-16(9)6-7-20-11-5-3-4-10(8-11)19-2/h3-5,8H,6-7H2,1-2H3,(H,17,18). The molecule has 0 saturated heterocycles. The first-order chi connectivity index (χ1) is 9.61. The molecule has 1 aromatic carbocycles. The summed E-state index contributed by atoms with van der Waals surface area (Å²) in [5.74, 6) is 0.315. The van der Waals surface area contributed by atoms with E-state index in [0.717, 1.165) is 0 Å². The van der Waals surface area contributed by atoms with Gasteiger partial charge in [0.1, 0.15) is 18.1 Å². The van der Waals surface area contributed by atoms with Crippen molar-refractivity contribution < 1.29 is 19.4 Å². The predicted molar refractivity (Wildman–Crippen MR) is 70.2 cm³/mol. The van der Waals surface area contributed by atoms with E-state index in [-0.39, 0.29) is 5.69 Å². The molecule has 1 N–H and O–H groups in total. The molecular weight excluding hydrogens is 262 g/mol. The molecule has 106 valence electrons. The lowest BCUT2D eigenvalue weighted by atomic mass is 10.3. The van der Waals surface area contributed by atoms with E-state index in [4.69, 9.17) is 14.6 Å². The highest BCUT2D eigenvalue weighted by Crippen LogP contribution is 2.18. The average Bonchev–Trinajstić information content (AvgIpc) is 2.81. The maximum Gasteiger partial charge on any atom is 0.358 e. The molecule has 0 radical (unpaired) electrons. The summed E-state index contributed by atoms with van der Waals surface area (Å²) >= 11 is 0. The third-order valence-corrected chi connectivity index (χ3v) is 2.80. The van der Waals surface area contributed by atoms with Crippen LogP contribution in [-0.4, -0.2) is 39.8 Å². The van der Waals surface area contributed by atoms with Crippen molar-refractivity contribution in [1.29, 1.82) is 0 Å². The molecular formula is C13H15N3O4. The van der Waals surface area contributed by atoms with Crippen LogP contribution in [0.3, 0.4) is 0 Å². The Morgan fingerprint density at radius 3 is 2.80 bits per heavy atom. The number of aromatic carboxylic acids is 1. The molecule has 0 saturated carbocycles. The lowest BCUT2D eigenvalue weighted by Crippen LogP contribution is -2.11. The number of carbonyl (C=O) groups is 1. The van der Waals surface area contributed by atoms with Crippen LogP contribution in [0.4, 0.5) is 0 Å². The molecule has 0 atom stereocenters.